The lowest BCUT2D eigenvalue weighted by molar-refractivity contribution is -0.117. The summed E-state index contributed by atoms with van der Waals surface area (Å²) < 4.78 is 8.38. The van der Waals surface area contributed by atoms with Crippen LogP contribution in [0.3, 0.4) is 0 Å². The highest BCUT2D eigenvalue weighted by Gasteiger charge is 2.35. The van der Waals surface area contributed by atoms with Gasteiger partial charge in [-0.25, -0.2) is 4.98 Å². The second kappa shape index (κ2) is 10.6. The maximum Gasteiger partial charge on any atom is 0.227 e. The zero-order valence-corrected chi connectivity index (χ0v) is 21.5. The van der Waals surface area contributed by atoms with E-state index in [9.17, 15) is 4.79 Å². The molecule has 2 heterocycles. The number of nitrogens with zero attached hydrogens (tertiary/aromatic N) is 3. The fourth-order valence-electron chi connectivity index (χ4n) is 5.21. The summed E-state index contributed by atoms with van der Waals surface area (Å²) in [4.78, 5) is 20.1. The number of anilines is 1. The number of hydrogen-bond donors (Lipinski definition) is 0. The Labute approximate surface area is 213 Å². The Balaban J connectivity index is 1.36. The molecule has 1 saturated heterocycles. The highest BCUT2D eigenvalue weighted by Crippen LogP contribution is 2.34. The number of amides is 1. The predicted molar refractivity (Wildman–Crippen MR) is 146 cm³/mol. The van der Waals surface area contributed by atoms with Gasteiger partial charge in [0.15, 0.2) is 0 Å². The molecule has 4 aromatic rings. The van der Waals surface area contributed by atoms with Crippen LogP contribution in [0.2, 0.25) is 0 Å². The molecule has 0 radical (unpaired) electrons. The largest absolute Gasteiger partial charge is 0.492 e. The number of imidazole rings is 1. The van der Waals surface area contributed by atoms with E-state index in [0.29, 0.717) is 32.0 Å². The Morgan fingerprint density at radius 2 is 1.75 bits per heavy atom. The number of carbonyl (C=O) groups is 1. The van der Waals surface area contributed by atoms with Crippen molar-refractivity contribution in [3.63, 3.8) is 0 Å². The summed E-state index contributed by atoms with van der Waals surface area (Å²) in [5.74, 6) is 2.61. The summed E-state index contributed by atoms with van der Waals surface area (Å²) in [6.07, 6.45) is 2.50. The Bertz CT molecular complexity index is 1340. The number of aromatic nitrogens is 2. The van der Waals surface area contributed by atoms with Crippen LogP contribution in [0, 0.1) is 0 Å². The van der Waals surface area contributed by atoms with Gasteiger partial charge < -0.3 is 14.2 Å². The van der Waals surface area contributed by atoms with Crippen molar-refractivity contribution in [2.24, 2.45) is 0 Å². The van der Waals surface area contributed by atoms with E-state index in [0.717, 1.165) is 41.1 Å². The summed E-state index contributed by atoms with van der Waals surface area (Å²) >= 11 is 0. The summed E-state index contributed by atoms with van der Waals surface area (Å²) in [7, 11) is 0. The third-order valence-electron chi connectivity index (χ3n) is 7.48. The van der Waals surface area contributed by atoms with Gasteiger partial charge in [-0.15, -0.1) is 0 Å². The molecule has 5 heteroatoms. The third kappa shape index (κ3) is 4.75. The number of hydrogen-bond acceptors (Lipinski definition) is 3. The van der Waals surface area contributed by atoms with E-state index in [-0.39, 0.29) is 11.8 Å². The zero-order valence-electron chi connectivity index (χ0n) is 21.5. The van der Waals surface area contributed by atoms with E-state index in [1.165, 1.54) is 11.1 Å². The molecule has 1 amide bonds. The van der Waals surface area contributed by atoms with Crippen LogP contribution in [-0.2, 0) is 17.8 Å². The van der Waals surface area contributed by atoms with Crippen molar-refractivity contribution in [1.29, 1.82) is 0 Å². The Morgan fingerprint density at radius 1 is 1.00 bits per heavy atom. The number of carbonyl (C=O) groups excluding carboxylic acids is 1. The summed E-state index contributed by atoms with van der Waals surface area (Å²) in [5.41, 5.74) is 5.62. The Kier molecular flexibility index (Phi) is 7.08. The number of aryl methyl sites for hydroxylation is 1. The molecular formula is C31H35N3O2. The zero-order chi connectivity index (χ0) is 25.1. The first-order valence-electron chi connectivity index (χ1n) is 13.1. The first-order chi connectivity index (χ1) is 17.6. The van der Waals surface area contributed by atoms with Crippen LogP contribution in [0.25, 0.3) is 11.0 Å². The van der Waals surface area contributed by atoms with Crippen LogP contribution >= 0.6 is 0 Å². The molecule has 1 fully saturated rings. The van der Waals surface area contributed by atoms with Crippen LogP contribution in [0.5, 0.6) is 5.75 Å². The van der Waals surface area contributed by atoms with Crippen molar-refractivity contribution in [2.75, 3.05) is 18.1 Å². The van der Waals surface area contributed by atoms with E-state index < -0.39 is 0 Å². The molecule has 1 aliphatic heterocycles. The smallest absolute Gasteiger partial charge is 0.227 e. The third-order valence-corrected chi connectivity index (χ3v) is 7.48. The van der Waals surface area contributed by atoms with Gasteiger partial charge >= 0.3 is 0 Å². The van der Waals surface area contributed by atoms with Crippen molar-refractivity contribution in [2.45, 2.75) is 58.4 Å². The maximum atomic E-state index is 13.1. The molecule has 0 saturated carbocycles. The van der Waals surface area contributed by atoms with Crippen LogP contribution in [0.15, 0.2) is 72.8 Å². The Hall–Kier alpha value is -3.60. The normalized spacial score (nSPS) is 16.6. The SMILES string of the molecule is CCc1ccccc1N1CC(c2nc3ccccc3n2CCOc2ccc(C(C)CC)cc2)CC1=O. The number of fused-ring (bicyclic) bond motifs is 1. The van der Waals surface area contributed by atoms with Crippen LogP contribution in [0.1, 0.15) is 62.4 Å². The van der Waals surface area contributed by atoms with Crippen LogP contribution in [-0.4, -0.2) is 28.6 Å². The minimum Gasteiger partial charge on any atom is -0.492 e. The second-order valence-electron chi connectivity index (χ2n) is 9.72. The monoisotopic (exact) mass is 481 g/mol. The first kappa shape index (κ1) is 24.1. The summed E-state index contributed by atoms with van der Waals surface area (Å²) in [6.45, 7) is 8.46. The fraction of sp³-hybridized carbons (Fsp3) is 0.355. The lowest BCUT2D eigenvalue weighted by Crippen LogP contribution is -2.25. The fourth-order valence-corrected chi connectivity index (χ4v) is 5.21. The molecule has 5 rings (SSSR count). The molecule has 0 bridgehead atoms. The van der Waals surface area contributed by atoms with Gasteiger partial charge in [0, 0.05) is 24.6 Å². The molecule has 0 aliphatic carbocycles. The number of ether oxygens (including phenoxy) is 1. The quantitative estimate of drug-likeness (QED) is 0.267. The van der Waals surface area contributed by atoms with Gasteiger partial charge in [-0.2, -0.15) is 0 Å². The van der Waals surface area contributed by atoms with Gasteiger partial charge in [0.25, 0.3) is 0 Å². The summed E-state index contributed by atoms with van der Waals surface area (Å²) in [5, 5.41) is 0. The van der Waals surface area contributed by atoms with E-state index in [2.05, 4.69) is 67.8 Å². The van der Waals surface area contributed by atoms with Crippen molar-refractivity contribution < 1.29 is 9.53 Å². The topological polar surface area (TPSA) is 47.4 Å². The molecule has 5 nitrogen and oxygen atoms in total. The molecular weight excluding hydrogens is 446 g/mol. The molecule has 36 heavy (non-hydrogen) atoms. The van der Waals surface area contributed by atoms with Gasteiger partial charge in [0.2, 0.25) is 5.91 Å². The molecule has 186 valence electrons. The highest BCUT2D eigenvalue weighted by molar-refractivity contribution is 5.97. The molecule has 3 aromatic carbocycles. The van der Waals surface area contributed by atoms with Gasteiger partial charge in [-0.1, -0.05) is 63.2 Å². The minimum atomic E-state index is 0.0460. The first-order valence-corrected chi connectivity index (χ1v) is 13.1. The molecule has 0 spiro atoms. The molecule has 1 aliphatic rings. The Morgan fingerprint density at radius 3 is 2.53 bits per heavy atom. The van der Waals surface area contributed by atoms with Crippen molar-refractivity contribution >= 4 is 22.6 Å². The van der Waals surface area contributed by atoms with Gasteiger partial charge in [0.1, 0.15) is 18.2 Å². The number of rotatable bonds is 9. The van der Waals surface area contributed by atoms with Gasteiger partial charge in [-0.3, -0.25) is 4.79 Å². The van der Waals surface area contributed by atoms with E-state index >= 15 is 0 Å². The maximum absolute atomic E-state index is 13.1. The van der Waals surface area contributed by atoms with Crippen molar-refractivity contribution in [1.82, 2.24) is 9.55 Å². The van der Waals surface area contributed by atoms with Crippen LogP contribution < -0.4 is 9.64 Å². The lowest BCUT2D eigenvalue weighted by atomic mass is 9.99. The second-order valence-corrected chi connectivity index (χ2v) is 9.72. The lowest BCUT2D eigenvalue weighted by Gasteiger charge is -2.20. The summed E-state index contributed by atoms with van der Waals surface area (Å²) in [6, 6.07) is 24.9. The van der Waals surface area contributed by atoms with Crippen molar-refractivity contribution in [3.8, 4) is 5.75 Å². The van der Waals surface area contributed by atoms with E-state index in [1.807, 2.05) is 35.2 Å². The molecule has 2 atom stereocenters. The molecule has 1 aromatic heterocycles. The average Bonchev–Trinajstić information content (AvgIpc) is 3.49. The minimum absolute atomic E-state index is 0.0460. The highest BCUT2D eigenvalue weighted by atomic mass is 16.5. The van der Waals surface area contributed by atoms with Crippen LogP contribution in [0.4, 0.5) is 5.69 Å². The number of para-hydroxylation sites is 3. The van der Waals surface area contributed by atoms with Crippen molar-refractivity contribution in [3.05, 3.63) is 89.7 Å². The molecule has 0 N–H and O–H groups in total. The van der Waals surface area contributed by atoms with Gasteiger partial charge in [0.05, 0.1) is 17.6 Å². The van der Waals surface area contributed by atoms with E-state index in [1.54, 1.807) is 0 Å². The molecule has 2 unspecified atom stereocenters. The standard InChI is InChI=1S/C31H35N3O2/c1-4-22(3)24-14-16-26(17-15-24)36-19-18-33-29-13-9-7-11-27(29)32-31(33)25-20-30(35)34(21-25)28-12-8-6-10-23(28)5-2/h6-17,22,25H,4-5,18-21H2,1-3H3. The average molecular weight is 482 g/mol. The van der Waals surface area contributed by atoms with E-state index in [4.69, 9.17) is 9.72 Å². The predicted octanol–water partition coefficient (Wildman–Crippen LogP) is 6.71. The number of benzene rings is 3. The van der Waals surface area contributed by atoms with Gasteiger partial charge in [-0.05, 0) is 60.2 Å².